The highest BCUT2D eigenvalue weighted by Gasteiger charge is 2.17. The Kier molecular flexibility index (Phi) is 3.98. The summed E-state index contributed by atoms with van der Waals surface area (Å²) >= 11 is 5.53. The van der Waals surface area contributed by atoms with Gasteiger partial charge in [0.25, 0.3) is 0 Å². The average molecular weight is 405 g/mol. The summed E-state index contributed by atoms with van der Waals surface area (Å²) in [7, 11) is 0. The van der Waals surface area contributed by atoms with Crippen LogP contribution >= 0.6 is 38.5 Å². The first-order chi connectivity index (χ1) is 8.08. The van der Waals surface area contributed by atoms with Gasteiger partial charge in [-0.05, 0) is 41.6 Å². The van der Waals surface area contributed by atoms with Crippen molar-refractivity contribution in [1.82, 2.24) is 9.78 Å². The summed E-state index contributed by atoms with van der Waals surface area (Å²) in [6.07, 6.45) is 3.61. The van der Waals surface area contributed by atoms with Crippen LogP contribution < -0.4 is 0 Å². The maximum Gasteiger partial charge on any atom is 0.187 e. The van der Waals surface area contributed by atoms with Crippen LogP contribution in [0.3, 0.4) is 0 Å². The van der Waals surface area contributed by atoms with E-state index in [1.165, 1.54) is 0 Å². The summed E-state index contributed by atoms with van der Waals surface area (Å²) in [6.45, 7) is 1.85. The summed E-state index contributed by atoms with van der Waals surface area (Å²) in [5, 5.41) is 4.16. The smallest absolute Gasteiger partial charge is 0.187 e. The molecule has 0 saturated carbocycles. The summed E-state index contributed by atoms with van der Waals surface area (Å²) < 4.78 is 3.68. The first-order valence-corrected chi connectivity index (χ1v) is 6.94. The molecular weight excluding hydrogens is 395 g/mol. The summed E-state index contributed by atoms with van der Waals surface area (Å²) in [5.41, 5.74) is 0.700. The molecule has 0 saturated heterocycles. The Morgan fingerprint density at radius 2 is 2.06 bits per heavy atom. The van der Waals surface area contributed by atoms with Gasteiger partial charge >= 0.3 is 0 Å². The Labute approximate surface area is 121 Å². The van der Waals surface area contributed by atoms with Gasteiger partial charge in [0.15, 0.2) is 5.78 Å². The van der Waals surface area contributed by atoms with Crippen molar-refractivity contribution in [2.24, 2.45) is 0 Å². The lowest BCUT2D eigenvalue weighted by Gasteiger charge is -2.10. The van der Waals surface area contributed by atoms with Gasteiger partial charge in [-0.15, -0.1) is 0 Å². The SMILES string of the molecule is CC(C(=O)c1ccc(Br)cc1)n1cc(I)cn1. The van der Waals surface area contributed by atoms with E-state index in [4.69, 9.17) is 0 Å². The second-order valence-electron chi connectivity index (χ2n) is 3.69. The van der Waals surface area contributed by atoms with E-state index in [1.807, 2.05) is 37.4 Å². The zero-order valence-corrected chi connectivity index (χ0v) is 12.8. The highest BCUT2D eigenvalue weighted by atomic mass is 127. The number of ketones is 1. The molecule has 2 aromatic rings. The molecule has 5 heteroatoms. The molecule has 0 N–H and O–H groups in total. The lowest BCUT2D eigenvalue weighted by atomic mass is 10.1. The number of rotatable bonds is 3. The number of aromatic nitrogens is 2. The van der Waals surface area contributed by atoms with E-state index in [0.29, 0.717) is 5.56 Å². The Morgan fingerprint density at radius 3 is 2.59 bits per heavy atom. The lowest BCUT2D eigenvalue weighted by molar-refractivity contribution is 0.0928. The first kappa shape index (κ1) is 12.8. The Bertz CT molecular complexity index is 536. The van der Waals surface area contributed by atoms with Gasteiger partial charge < -0.3 is 0 Å². The van der Waals surface area contributed by atoms with Gasteiger partial charge in [-0.25, -0.2) is 0 Å². The standard InChI is InChI=1S/C12H10BrIN2O/c1-8(16-7-11(14)6-15-16)12(17)9-2-4-10(13)5-3-9/h2-8H,1H3. The third-order valence-corrected chi connectivity index (χ3v) is 3.56. The lowest BCUT2D eigenvalue weighted by Crippen LogP contribution is -2.17. The number of halogens is 2. The van der Waals surface area contributed by atoms with E-state index in [1.54, 1.807) is 10.9 Å². The molecule has 1 aromatic heterocycles. The molecule has 3 nitrogen and oxygen atoms in total. The average Bonchev–Trinajstić information content (AvgIpc) is 2.75. The van der Waals surface area contributed by atoms with Crippen molar-refractivity contribution in [3.8, 4) is 0 Å². The van der Waals surface area contributed by atoms with Crippen LogP contribution in [0, 0.1) is 3.57 Å². The Balaban J connectivity index is 2.23. The quantitative estimate of drug-likeness (QED) is 0.577. The molecule has 0 radical (unpaired) electrons. The van der Waals surface area contributed by atoms with Crippen LogP contribution in [0.25, 0.3) is 0 Å². The zero-order valence-electron chi connectivity index (χ0n) is 9.10. The maximum atomic E-state index is 12.2. The van der Waals surface area contributed by atoms with Crippen LogP contribution in [-0.2, 0) is 0 Å². The van der Waals surface area contributed by atoms with Crippen LogP contribution in [-0.4, -0.2) is 15.6 Å². The van der Waals surface area contributed by atoms with Gasteiger partial charge in [-0.2, -0.15) is 5.10 Å². The second kappa shape index (κ2) is 5.30. The summed E-state index contributed by atoms with van der Waals surface area (Å²) in [6, 6.07) is 7.09. The number of hydrogen-bond donors (Lipinski definition) is 0. The number of nitrogens with zero attached hydrogens (tertiary/aromatic N) is 2. The van der Waals surface area contributed by atoms with Crippen molar-refractivity contribution in [3.05, 3.63) is 50.3 Å². The van der Waals surface area contributed by atoms with E-state index in [9.17, 15) is 4.79 Å². The highest BCUT2D eigenvalue weighted by molar-refractivity contribution is 14.1. The van der Waals surface area contributed by atoms with E-state index in [0.717, 1.165) is 8.04 Å². The van der Waals surface area contributed by atoms with Crippen LogP contribution in [0.5, 0.6) is 0 Å². The van der Waals surface area contributed by atoms with Crippen molar-refractivity contribution >= 4 is 44.3 Å². The molecule has 1 aromatic carbocycles. The van der Waals surface area contributed by atoms with Gasteiger partial charge in [0.2, 0.25) is 0 Å². The molecule has 88 valence electrons. The molecule has 0 aliphatic carbocycles. The maximum absolute atomic E-state index is 12.2. The molecule has 1 unspecified atom stereocenters. The third-order valence-electron chi connectivity index (χ3n) is 2.47. The molecule has 0 bridgehead atoms. The minimum Gasteiger partial charge on any atom is -0.292 e. The van der Waals surface area contributed by atoms with Crippen molar-refractivity contribution < 1.29 is 4.79 Å². The summed E-state index contributed by atoms with van der Waals surface area (Å²) in [5.74, 6) is 0.0667. The molecule has 0 amide bonds. The Morgan fingerprint density at radius 1 is 1.41 bits per heavy atom. The van der Waals surface area contributed by atoms with E-state index < -0.39 is 0 Å². The van der Waals surface area contributed by atoms with Crippen LogP contribution in [0.2, 0.25) is 0 Å². The van der Waals surface area contributed by atoms with Crippen molar-refractivity contribution in [3.63, 3.8) is 0 Å². The predicted molar refractivity (Wildman–Crippen MR) is 78.1 cm³/mol. The molecule has 1 heterocycles. The van der Waals surface area contributed by atoms with Gasteiger partial charge in [-0.3, -0.25) is 9.48 Å². The molecule has 0 aliphatic heterocycles. The van der Waals surface area contributed by atoms with E-state index in [2.05, 4.69) is 43.6 Å². The predicted octanol–water partition coefficient (Wildman–Crippen LogP) is 3.69. The number of carbonyl (C=O) groups is 1. The number of Topliss-reactive ketones (excluding diaryl/α,β-unsaturated/α-hetero) is 1. The Hall–Kier alpha value is -0.690. The minimum absolute atomic E-state index is 0.0667. The number of benzene rings is 1. The fourth-order valence-electron chi connectivity index (χ4n) is 1.50. The minimum atomic E-state index is -0.278. The normalized spacial score (nSPS) is 12.4. The van der Waals surface area contributed by atoms with E-state index in [-0.39, 0.29) is 11.8 Å². The van der Waals surface area contributed by atoms with E-state index >= 15 is 0 Å². The molecule has 1 atom stereocenters. The fraction of sp³-hybridized carbons (Fsp3) is 0.167. The van der Waals surface area contributed by atoms with Gasteiger partial charge in [-0.1, -0.05) is 28.1 Å². The highest BCUT2D eigenvalue weighted by Crippen LogP contribution is 2.17. The molecule has 2 rings (SSSR count). The second-order valence-corrected chi connectivity index (χ2v) is 5.85. The fourth-order valence-corrected chi connectivity index (χ4v) is 2.18. The van der Waals surface area contributed by atoms with Crippen LogP contribution in [0.1, 0.15) is 23.3 Å². The topological polar surface area (TPSA) is 34.9 Å². The molecule has 0 spiro atoms. The number of carbonyl (C=O) groups excluding carboxylic acids is 1. The molecular formula is C12H10BrIN2O. The van der Waals surface area contributed by atoms with Crippen LogP contribution in [0.4, 0.5) is 0 Å². The van der Waals surface area contributed by atoms with Gasteiger partial charge in [0, 0.05) is 16.2 Å². The third kappa shape index (κ3) is 2.95. The molecule has 17 heavy (non-hydrogen) atoms. The largest absolute Gasteiger partial charge is 0.292 e. The van der Waals surface area contributed by atoms with Crippen molar-refractivity contribution in [2.75, 3.05) is 0 Å². The molecule has 0 fully saturated rings. The van der Waals surface area contributed by atoms with Crippen molar-refractivity contribution in [1.29, 1.82) is 0 Å². The molecule has 0 aliphatic rings. The monoisotopic (exact) mass is 404 g/mol. The number of hydrogen-bond acceptors (Lipinski definition) is 2. The van der Waals surface area contributed by atoms with Gasteiger partial charge in [0.05, 0.1) is 9.77 Å². The zero-order chi connectivity index (χ0) is 12.4. The van der Waals surface area contributed by atoms with Crippen molar-refractivity contribution in [2.45, 2.75) is 13.0 Å². The van der Waals surface area contributed by atoms with Crippen LogP contribution in [0.15, 0.2) is 41.1 Å². The van der Waals surface area contributed by atoms with Gasteiger partial charge in [0.1, 0.15) is 6.04 Å². The summed E-state index contributed by atoms with van der Waals surface area (Å²) in [4.78, 5) is 12.2. The first-order valence-electron chi connectivity index (χ1n) is 5.07.